The van der Waals surface area contributed by atoms with E-state index in [0.717, 1.165) is 4.90 Å². The average molecular weight is 211 g/mol. The van der Waals surface area contributed by atoms with Crippen LogP contribution in [-0.2, 0) is 14.4 Å². The summed E-state index contributed by atoms with van der Waals surface area (Å²) in [6.45, 7) is 5.38. The predicted molar refractivity (Wildman–Crippen MR) is 54.8 cm³/mol. The monoisotopic (exact) mass is 211 g/mol. The lowest BCUT2D eigenvalue weighted by molar-refractivity contribution is -0.160. The first-order valence-electron chi connectivity index (χ1n) is 5.30. The Morgan fingerprint density at radius 3 is 2.13 bits per heavy atom. The molecule has 1 aliphatic heterocycles. The lowest BCUT2D eigenvalue weighted by Crippen LogP contribution is -2.49. The normalized spacial score (nSPS) is 18.2. The zero-order valence-electron chi connectivity index (χ0n) is 9.50. The van der Waals surface area contributed by atoms with Crippen LogP contribution in [-0.4, -0.2) is 22.6 Å². The molecule has 1 fully saturated rings. The van der Waals surface area contributed by atoms with E-state index in [2.05, 4.69) is 0 Å². The van der Waals surface area contributed by atoms with Crippen LogP contribution in [0.5, 0.6) is 0 Å². The molecule has 15 heavy (non-hydrogen) atoms. The molecule has 84 valence electrons. The van der Waals surface area contributed by atoms with E-state index >= 15 is 0 Å². The van der Waals surface area contributed by atoms with Gasteiger partial charge in [-0.05, 0) is 12.8 Å². The average Bonchev–Trinajstić information content (AvgIpc) is 2.17. The highest BCUT2D eigenvalue weighted by atomic mass is 16.2. The summed E-state index contributed by atoms with van der Waals surface area (Å²) < 4.78 is 0. The molecule has 0 spiro atoms. The second-order valence-corrected chi connectivity index (χ2v) is 4.52. The highest BCUT2D eigenvalue weighted by molar-refractivity contribution is 6.13. The zero-order chi connectivity index (χ0) is 11.6. The van der Waals surface area contributed by atoms with Gasteiger partial charge in [-0.2, -0.15) is 0 Å². The van der Waals surface area contributed by atoms with E-state index in [-0.39, 0.29) is 17.7 Å². The zero-order valence-corrected chi connectivity index (χ0v) is 9.50. The third-order valence-electron chi connectivity index (χ3n) is 2.95. The van der Waals surface area contributed by atoms with E-state index in [1.807, 2.05) is 6.92 Å². The number of amides is 3. The van der Waals surface area contributed by atoms with Crippen LogP contribution in [0.25, 0.3) is 0 Å². The fourth-order valence-electron chi connectivity index (χ4n) is 1.43. The third kappa shape index (κ3) is 2.25. The Morgan fingerprint density at radius 2 is 1.73 bits per heavy atom. The van der Waals surface area contributed by atoms with Crippen molar-refractivity contribution in [1.29, 1.82) is 0 Å². The van der Waals surface area contributed by atoms with Gasteiger partial charge in [-0.25, -0.2) is 4.90 Å². The minimum absolute atomic E-state index is 0.303. The van der Waals surface area contributed by atoms with Crippen LogP contribution in [0.1, 0.15) is 46.5 Å². The molecular formula is C11H17NO3. The number of likely N-dealkylation sites (tertiary alicyclic amines) is 1. The van der Waals surface area contributed by atoms with Gasteiger partial charge >= 0.3 is 0 Å². The molecule has 0 aliphatic carbocycles. The molecule has 4 nitrogen and oxygen atoms in total. The van der Waals surface area contributed by atoms with E-state index in [9.17, 15) is 14.4 Å². The van der Waals surface area contributed by atoms with E-state index in [4.69, 9.17) is 0 Å². The lowest BCUT2D eigenvalue weighted by atomic mass is 9.87. The van der Waals surface area contributed by atoms with Crippen LogP contribution >= 0.6 is 0 Å². The van der Waals surface area contributed by atoms with Crippen LogP contribution in [0.15, 0.2) is 0 Å². The molecule has 0 aromatic rings. The summed E-state index contributed by atoms with van der Waals surface area (Å²) >= 11 is 0. The molecular weight excluding hydrogens is 194 g/mol. The van der Waals surface area contributed by atoms with Gasteiger partial charge in [0.25, 0.3) is 0 Å². The number of hydrogen-bond acceptors (Lipinski definition) is 3. The number of rotatable bonds is 2. The van der Waals surface area contributed by atoms with Gasteiger partial charge in [0.05, 0.1) is 0 Å². The van der Waals surface area contributed by atoms with Crippen molar-refractivity contribution in [2.75, 3.05) is 0 Å². The highest BCUT2D eigenvalue weighted by Crippen LogP contribution is 2.25. The van der Waals surface area contributed by atoms with Crippen molar-refractivity contribution in [1.82, 2.24) is 4.90 Å². The second kappa shape index (κ2) is 4.13. The van der Waals surface area contributed by atoms with Crippen molar-refractivity contribution in [2.24, 2.45) is 5.41 Å². The number of carbonyl (C=O) groups excluding carboxylic acids is 3. The van der Waals surface area contributed by atoms with E-state index in [1.165, 1.54) is 0 Å². The number of piperidine rings is 1. The minimum Gasteiger partial charge on any atom is -0.274 e. The predicted octanol–water partition coefficient (Wildman–Crippen LogP) is 1.49. The number of nitrogens with zero attached hydrogens (tertiary/aromatic N) is 1. The summed E-state index contributed by atoms with van der Waals surface area (Å²) in [5.74, 6) is -1.06. The topological polar surface area (TPSA) is 54.5 Å². The van der Waals surface area contributed by atoms with Gasteiger partial charge < -0.3 is 0 Å². The first-order valence-corrected chi connectivity index (χ1v) is 5.30. The molecule has 1 rings (SSSR count). The summed E-state index contributed by atoms with van der Waals surface area (Å²) in [6.07, 6.45) is 1.78. The summed E-state index contributed by atoms with van der Waals surface area (Å²) in [5.41, 5.74) is -0.636. The van der Waals surface area contributed by atoms with Crippen LogP contribution in [0.3, 0.4) is 0 Å². The van der Waals surface area contributed by atoms with Crippen molar-refractivity contribution in [2.45, 2.75) is 46.5 Å². The maximum atomic E-state index is 12.0. The lowest BCUT2D eigenvalue weighted by Gasteiger charge is -2.30. The maximum Gasteiger partial charge on any atom is 0.241 e. The largest absolute Gasteiger partial charge is 0.274 e. The van der Waals surface area contributed by atoms with Crippen molar-refractivity contribution >= 4 is 17.7 Å². The second-order valence-electron chi connectivity index (χ2n) is 4.52. The molecule has 0 saturated carbocycles. The molecule has 0 atom stereocenters. The van der Waals surface area contributed by atoms with Gasteiger partial charge in [-0.1, -0.05) is 20.8 Å². The van der Waals surface area contributed by atoms with E-state index in [0.29, 0.717) is 25.7 Å². The number of carbonyl (C=O) groups is 3. The smallest absolute Gasteiger partial charge is 0.241 e. The standard InChI is InChI=1S/C11H17NO3/c1-4-11(2,3)10(15)12-8(13)6-5-7-9(12)14/h4-7H2,1-3H3. The van der Waals surface area contributed by atoms with Gasteiger partial charge in [0.1, 0.15) is 0 Å². The van der Waals surface area contributed by atoms with Gasteiger partial charge in [0.2, 0.25) is 17.7 Å². The molecule has 1 saturated heterocycles. The molecule has 3 amide bonds. The highest BCUT2D eigenvalue weighted by Gasteiger charge is 2.38. The van der Waals surface area contributed by atoms with Crippen LogP contribution in [0, 0.1) is 5.41 Å². The van der Waals surface area contributed by atoms with Crippen LogP contribution in [0.4, 0.5) is 0 Å². The minimum atomic E-state index is -0.636. The summed E-state index contributed by atoms with van der Waals surface area (Å²) in [7, 11) is 0. The summed E-state index contributed by atoms with van der Waals surface area (Å²) in [5, 5.41) is 0. The first kappa shape index (κ1) is 11.9. The van der Waals surface area contributed by atoms with Crippen LogP contribution < -0.4 is 0 Å². The van der Waals surface area contributed by atoms with Gasteiger partial charge in [-0.15, -0.1) is 0 Å². The SMILES string of the molecule is CCC(C)(C)C(=O)N1C(=O)CCCC1=O. The van der Waals surface area contributed by atoms with Crippen molar-refractivity contribution in [3.05, 3.63) is 0 Å². The summed E-state index contributed by atoms with van der Waals surface area (Å²) in [4.78, 5) is 35.8. The molecule has 1 heterocycles. The quantitative estimate of drug-likeness (QED) is 0.650. The van der Waals surface area contributed by atoms with Crippen molar-refractivity contribution in [3.63, 3.8) is 0 Å². The Bertz CT molecular complexity index is 291. The Hall–Kier alpha value is -1.19. The molecule has 0 aromatic carbocycles. The Morgan fingerprint density at radius 1 is 1.27 bits per heavy atom. The maximum absolute atomic E-state index is 12.0. The Kier molecular flexibility index (Phi) is 3.27. The molecule has 0 unspecified atom stereocenters. The van der Waals surface area contributed by atoms with Crippen molar-refractivity contribution < 1.29 is 14.4 Å². The van der Waals surface area contributed by atoms with Gasteiger partial charge in [0.15, 0.2) is 0 Å². The van der Waals surface area contributed by atoms with E-state index in [1.54, 1.807) is 13.8 Å². The van der Waals surface area contributed by atoms with E-state index < -0.39 is 5.41 Å². The molecule has 4 heteroatoms. The Balaban J connectivity index is 2.90. The number of hydrogen-bond donors (Lipinski definition) is 0. The third-order valence-corrected chi connectivity index (χ3v) is 2.95. The Labute approximate surface area is 89.6 Å². The number of imide groups is 3. The van der Waals surface area contributed by atoms with Crippen LogP contribution in [0.2, 0.25) is 0 Å². The van der Waals surface area contributed by atoms with Gasteiger partial charge in [-0.3, -0.25) is 14.4 Å². The van der Waals surface area contributed by atoms with Gasteiger partial charge in [0, 0.05) is 18.3 Å². The molecule has 1 aliphatic rings. The van der Waals surface area contributed by atoms with Crippen molar-refractivity contribution in [3.8, 4) is 0 Å². The summed E-state index contributed by atoms with van der Waals surface area (Å²) in [6, 6.07) is 0. The fraction of sp³-hybridized carbons (Fsp3) is 0.727. The molecule has 0 radical (unpaired) electrons. The molecule has 0 aromatic heterocycles. The fourth-order valence-corrected chi connectivity index (χ4v) is 1.43. The molecule has 0 bridgehead atoms. The molecule has 0 N–H and O–H groups in total. The first-order chi connectivity index (χ1) is 6.90.